The van der Waals surface area contributed by atoms with E-state index >= 15 is 0 Å². The summed E-state index contributed by atoms with van der Waals surface area (Å²) in [5.74, 6) is -0.0380. The van der Waals surface area contributed by atoms with E-state index in [-0.39, 0.29) is 24.0 Å². The highest BCUT2D eigenvalue weighted by Crippen LogP contribution is 2.19. The van der Waals surface area contributed by atoms with Crippen molar-refractivity contribution in [3.05, 3.63) is 36.1 Å². The number of furan rings is 1. The lowest BCUT2D eigenvalue weighted by molar-refractivity contribution is 0.0918. The van der Waals surface area contributed by atoms with E-state index in [1.54, 1.807) is 26.0 Å². The van der Waals surface area contributed by atoms with Crippen LogP contribution in [0, 0.1) is 5.41 Å². The van der Waals surface area contributed by atoms with Gasteiger partial charge in [0.2, 0.25) is 0 Å². The monoisotopic (exact) mass is 275 g/mol. The molecule has 2 aromatic rings. The average Bonchev–Trinajstić information content (AvgIpc) is 2.87. The molecule has 0 bridgehead atoms. The van der Waals surface area contributed by atoms with Gasteiger partial charge in [-0.05, 0) is 12.1 Å². The lowest BCUT2D eigenvalue weighted by atomic mass is 9.92. The number of nitrogens with one attached hydrogen (secondary N) is 1. The van der Waals surface area contributed by atoms with Gasteiger partial charge in [-0.15, -0.1) is 0 Å². The van der Waals surface area contributed by atoms with E-state index in [1.807, 2.05) is 18.2 Å². The van der Waals surface area contributed by atoms with Crippen molar-refractivity contribution < 1.29 is 14.4 Å². The standard InChI is InChI=1S/C14H17N3O3/c1-14(2,13(15)17-19)8-16-12(18)11-7-9-5-3-4-6-10(9)20-11/h3-7,19H,8H2,1-2H3,(H2,15,17)(H,16,18). The molecule has 6 heteroatoms. The van der Waals surface area contributed by atoms with Gasteiger partial charge in [0.1, 0.15) is 11.4 Å². The molecule has 1 aromatic heterocycles. The number of amides is 1. The summed E-state index contributed by atoms with van der Waals surface area (Å²) in [5.41, 5.74) is 5.58. The first-order valence-electron chi connectivity index (χ1n) is 6.19. The summed E-state index contributed by atoms with van der Waals surface area (Å²) in [6, 6.07) is 9.07. The van der Waals surface area contributed by atoms with Gasteiger partial charge in [-0.2, -0.15) is 0 Å². The summed E-state index contributed by atoms with van der Waals surface area (Å²) in [4.78, 5) is 12.0. The van der Waals surface area contributed by atoms with Crippen molar-refractivity contribution >= 4 is 22.7 Å². The first kappa shape index (κ1) is 13.9. The smallest absolute Gasteiger partial charge is 0.287 e. The van der Waals surface area contributed by atoms with Crippen LogP contribution >= 0.6 is 0 Å². The fraction of sp³-hybridized carbons (Fsp3) is 0.286. The van der Waals surface area contributed by atoms with Crippen molar-refractivity contribution in [3.8, 4) is 0 Å². The number of carbonyl (C=O) groups is 1. The Morgan fingerprint density at radius 3 is 2.80 bits per heavy atom. The van der Waals surface area contributed by atoms with Crippen LogP contribution in [-0.2, 0) is 0 Å². The van der Waals surface area contributed by atoms with E-state index in [2.05, 4.69) is 10.5 Å². The Kier molecular flexibility index (Phi) is 3.65. The number of nitrogens with zero attached hydrogens (tertiary/aromatic N) is 1. The molecule has 1 heterocycles. The third-order valence-electron chi connectivity index (χ3n) is 3.14. The molecule has 0 aliphatic heterocycles. The van der Waals surface area contributed by atoms with Crippen LogP contribution in [0.3, 0.4) is 0 Å². The Labute approximate surface area is 116 Å². The molecule has 6 nitrogen and oxygen atoms in total. The SMILES string of the molecule is CC(C)(CNC(=O)c1cc2ccccc2o1)/C(N)=N/O. The highest BCUT2D eigenvalue weighted by molar-refractivity contribution is 5.96. The topological polar surface area (TPSA) is 101 Å². The van der Waals surface area contributed by atoms with Crippen molar-refractivity contribution in [1.29, 1.82) is 0 Å². The molecule has 2 rings (SSSR count). The molecule has 0 fully saturated rings. The summed E-state index contributed by atoms with van der Waals surface area (Å²) < 4.78 is 5.46. The molecule has 0 saturated carbocycles. The number of para-hydroxylation sites is 1. The number of fused-ring (bicyclic) bond motifs is 1. The van der Waals surface area contributed by atoms with Gasteiger partial charge in [0.25, 0.3) is 5.91 Å². The number of hydrogen-bond donors (Lipinski definition) is 3. The van der Waals surface area contributed by atoms with Crippen molar-refractivity contribution in [1.82, 2.24) is 5.32 Å². The lowest BCUT2D eigenvalue weighted by Gasteiger charge is -2.22. The zero-order chi connectivity index (χ0) is 14.8. The van der Waals surface area contributed by atoms with Crippen molar-refractivity contribution in [2.75, 3.05) is 6.54 Å². The molecule has 0 saturated heterocycles. The minimum absolute atomic E-state index is 0.0578. The minimum atomic E-state index is -0.642. The van der Waals surface area contributed by atoms with E-state index in [0.717, 1.165) is 5.39 Å². The Morgan fingerprint density at radius 2 is 2.15 bits per heavy atom. The number of hydrogen-bond acceptors (Lipinski definition) is 4. The first-order valence-corrected chi connectivity index (χ1v) is 6.19. The summed E-state index contributed by atoms with van der Waals surface area (Å²) in [6.07, 6.45) is 0. The number of oxime groups is 1. The van der Waals surface area contributed by atoms with Crippen LogP contribution in [0.15, 0.2) is 39.9 Å². The largest absolute Gasteiger partial charge is 0.451 e. The van der Waals surface area contributed by atoms with Crippen LogP contribution < -0.4 is 11.1 Å². The van der Waals surface area contributed by atoms with Crippen LogP contribution in [-0.4, -0.2) is 23.5 Å². The van der Waals surface area contributed by atoms with Crippen LogP contribution in [0.1, 0.15) is 24.4 Å². The summed E-state index contributed by atoms with van der Waals surface area (Å²) >= 11 is 0. The molecular formula is C14H17N3O3. The molecule has 1 aromatic carbocycles. The second-order valence-electron chi connectivity index (χ2n) is 5.20. The molecule has 0 atom stereocenters. The van der Waals surface area contributed by atoms with E-state index in [9.17, 15) is 4.79 Å². The summed E-state index contributed by atoms with van der Waals surface area (Å²) in [6.45, 7) is 3.76. The maximum atomic E-state index is 12.0. The number of carbonyl (C=O) groups excluding carboxylic acids is 1. The molecular weight excluding hydrogens is 258 g/mol. The molecule has 20 heavy (non-hydrogen) atoms. The van der Waals surface area contributed by atoms with E-state index in [4.69, 9.17) is 15.4 Å². The van der Waals surface area contributed by atoms with E-state index in [1.165, 1.54) is 0 Å². The fourth-order valence-corrected chi connectivity index (χ4v) is 1.71. The van der Waals surface area contributed by atoms with Crippen LogP contribution in [0.25, 0.3) is 11.0 Å². The molecule has 0 aliphatic carbocycles. The maximum Gasteiger partial charge on any atom is 0.287 e. The van der Waals surface area contributed by atoms with Gasteiger partial charge >= 0.3 is 0 Å². The molecule has 0 aliphatic rings. The highest BCUT2D eigenvalue weighted by atomic mass is 16.4. The molecule has 0 unspecified atom stereocenters. The zero-order valence-electron chi connectivity index (χ0n) is 11.4. The van der Waals surface area contributed by atoms with Gasteiger partial charge in [0.15, 0.2) is 5.76 Å². The quantitative estimate of drug-likeness (QED) is 0.343. The Bertz CT molecular complexity index is 625. The summed E-state index contributed by atoms with van der Waals surface area (Å²) in [5, 5.41) is 15.2. The Hall–Kier alpha value is -2.50. The number of amidine groups is 1. The Balaban J connectivity index is 2.09. The number of rotatable bonds is 4. The zero-order valence-corrected chi connectivity index (χ0v) is 11.4. The third-order valence-corrected chi connectivity index (χ3v) is 3.14. The van der Waals surface area contributed by atoms with Crippen molar-refractivity contribution in [2.24, 2.45) is 16.3 Å². The predicted molar refractivity (Wildman–Crippen MR) is 75.7 cm³/mol. The maximum absolute atomic E-state index is 12.0. The van der Waals surface area contributed by atoms with Crippen LogP contribution in [0.2, 0.25) is 0 Å². The number of benzene rings is 1. The minimum Gasteiger partial charge on any atom is -0.451 e. The van der Waals surface area contributed by atoms with Gasteiger partial charge in [0, 0.05) is 17.3 Å². The highest BCUT2D eigenvalue weighted by Gasteiger charge is 2.25. The Morgan fingerprint density at radius 1 is 1.45 bits per heavy atom. The fourth-order valence-electron chi connectivity index (χ4n) is 1.71. The molecule has 0 spiro atoms. The van der Waals surface area contributed by atoms with Gasteiger partial charge < -0.3 is 20.7 Å². The third kappa shape index (κ3) is 2.74. The summed E-state index contributed by atoms with van der Waals surface area (Å²) in [7, 11) is 0. The van der Waals surface area contributed by atoms with Crippen LogP contribution in [0.4, 0.5) is 0 Å². The van der Waals surface area contributed by atoms with Crippen molar-refractivity contribution in [3.63, 3.8) is 0 Å². The normalized spacial score (nSPS) is 12.6. The second-order valence-corrected chi connectivity index (χ2v) is 5.20. The van der Waals surface area contributed by atoms with Crippen molar-refractivity contribution in [2.45, 2.75) is 13.8 Å². The molecule has 1 amide bonds. The van der Waals surface area contributed by atoms with Gasteiger partial charge in [-0.25, -0.2) is 0 Å². The van der Waals surface area contributed by atoms with Gasteiger partial charge in [0.05, 0.1) is 0 Å². The first-order chi connectivity index (χ1) is 9.44. The second kappa shape index (κ2) is 5.24. The number of nitrogens with two attached hydrogens (primary N) is 1. The van der Waals surface area contributed by atoms with E-state index < -0.39 is 5.41 Å². The molecule has 0 radical (unpaired) electrons. The average molecular weight is 275 g/mol. The predicted octanol–water partition coefficient (Wildman–Crippen LogP) is 1.94. The van der Waals surface area contributed by atoms with Gasteiger partial charge in [-0.3, -0.25) is 4.79 Å². The van der Waals surface area contributed by atoms with Crippen LogP contribution in [0.5, 0.6) is 0 Å². The lowest BCUT2D eigenvalue weighted by Crippen LogP contribution is -2.42. The van der Waals surface area contributed by atoms with E-state index in [0.29, 0.717) is 5.58 Å². The van der Waals surface area contributed by atoms with Gasteiger partial charge in [-0.1, -0.05) is 37.2 Å². The molecule has 4 N–H and O–H groups in total. The molecule has 106 valence electrons.